The van der Waals surface area contributed by atoms with Crippen LogP contribution in [0.3, 0.4) is 0 Å². The molecule has 2 heterocycles. The van der Waals surface area contributed by atoms with Gasteiger partial charge in [0.2, 0.25) is 0 Å². The Bertz CT molecular complexity index is 592. The molecular weight excluding hydrogens is 280 g/mol. The molecule has 118 valence electrons. The standard InChI is InChI=1S/C16H22N4O2/c1-3-4-5-6-7-12-14(9-17)13(19)20-16(15(12,14)10-18)21-8-11(2)22-16/h11-12H,3-8H2,1-2H3,(H2,19,20)/p+1/t11-,12-,14+,15+,16+/m0/s1. The number of hydrogen-bond donors (Lipinski definition) is 2. The van der Waals surface area contributed by atoms with Crippen molar-refractivity contribution in [3.05, 3.63) is 0 Å². The summed E-state index contributed by atoms with van der Waals surface area (Å²) in [5.74, 6) is -1.05. The molecule has 0 amide bonds. The second-order valence-corrected chi connectivity index (χ2v) is 6.64. The summed E-state index contributed by atoms with van der Waals surface area (Å²) in [6.07, 6.45) is 5.09. The van der Waals surface area contributed by atoms with Crippen molar-refractivity contribution in [1.82, 2.24) is 0 Å². The maximum atomic E-state index is 9.90. The molecule has 3 rings (SSSR count). The van der Waals surface area contributed by atoms with Gasteiger partial charge in [0.25, 0.3) is 5.84 Å². The van der Waals surface area contributed by atoms with Crippen LogP contribution in [0, 0.1) is 39.4 Å². The van der Waals surface area contributed by atoms with Crippen molar-refractivity contribution >= 4 is 5.84 Å². The van der Waals surface area contributed by atoms with Crippen LogP contribution in [0.5, 0.6) is 0 Å². The van der Waals surface area contributed by atoms with E-state index in [1.165, 1.54) is 6.42 Å². The molecule has 0 unspecified atom stereocenters. The lowest BCUT2D eigenvalue weighted by molar-refractivity contribution is -0.678. The Morgan fingerprint density at radius 3 is 2.64 bits per heavy atom. The fourth-order valence-electron chi connectivity index (χ4n) is 4.35. The van der Waals surface area contributed by atoms with Gasteiger partial charge in [0.05, 0.1) is 24.8 Å². The molecular formula is C16H23N4O2+. The van der Waals surface area contributed by atoms with Crippen molar-refractivity contribution in [2.45, 2.75) is 58.0 Å². The van der Waals surface area contributed by atoms with Gasteiger partial charge in [-0.1, -0.05) is 32.6 Å². The third-order valence-electron chi connectivity index (χ3n) is 5.41. The van der Waals surface area contributed by atoms with Gasteiger partial charge in [-0.3, -0.25) is 5.73 Å². The molecule has 22 heavy (non-hydrogen) atoms. The Morgan fingerprint density at radius 2 is 2.09 bits per heavy atom. The summed E-state index contributed by atoms with van der Waals surface area (Å²) in [5.41, 5.74) is 4.10. The van der Waals surface area contributed by atoms with Gasteiger partial charge in [-0.15, -0.1) is 0 Å². The zero-order valence-electron chi connectivity index (χ0n) is 13.2. The van der Waals surface area contributed by atoms with Gasteiger partial charge in [0, 0.05) is 5.92 Å². The second kappa shape index (κ2) is 4.94. The van der Waals surface area contributed by atoms with Gasteiger partial charge in [-0.25, -0.2) is 4.99 Å². The third-order valence-corrected chi connectivity index (χ3v) is 5.41. The highest BCUT2D eigenvalue weighted by molar-refractivity contribution is 5.93. The van der Waals surface area contributed by atoms with Crippen LogP contribution >= 0.6 is 0 Å². The van der Waals surface area contributed by atoms with Crippen LogP contribution in [0.2, 0.25) is 0 Å². The summed E-state index contributed by atoms with van der Waals surface area (Å²) in [4.78, 5) is 2.98. The molecule has 2 fully saturated rings. The SMILES string of the molecule is CCCCCC[C@@H]1[C@@]2(C#N)[C@@]3([NH+]=C(N)[C@@]12C#N)OC[C@H](C)O3. The number of nitrogens with two attached hydrogens (primary N) is 1. The highest BCUT2D eigenvalue weighted by Crippen LogP contribution is 2.76. The number of hydrogen-bond acceptors (Lipinski definition) is 5. The number of nitrogens with zero attached hydrogens (tertiary/aromatic N) is 2. The normalized spacial score (nSPS) is 45.2. The monoisotopic (exact) mass is 303 g/mol. The van der Waals surface area contributed by atoms with Crippen molar-refractivity contribution in [2.24, 2.45) is 22.5 Å². The number of nitrogens with one attached hydrogen (secondary N) is 1. The summed E-state index contributed by atoms with van der Waals surface area (Å²) in [6, 6.07) is 4.65. The van der Waals surface area contributed by atoms with Crippen LogP contribution in [0.4, 0.5) is 0 Å². The average Bonchev–Trinajstić information content (AvgIpc) is 2.84. The number of fused-ring (bicyclic) bond motifs is 2. The molecule has 0 aromatic carbocycles. The van der Waals surface area contributed by atoms with Gasteiger partial charge >= 0.3 is 5.91 Å². The van der Waals surface area contributed by atoms with Crippen molar-refractivity contribution in [3.63, 3.8) is 0 Å². The van der Waals surface area contributed by atoms with E-state index >= 15 is 0 Å². The summed E-state index contributed by atoms with van der Waals surface area (Å²) >= 11 is 0. The van der Waals surface area contributed by atoms with Gasteiger partial charge in [-0.2, -0.15) is 10.5 Å². The van der Waals surface area contributed by atoms with E-state index < -0.39 is 16.7 Å². The molecule has 0 radical (unpaired) electrons. The minimum atomic E-state index is -1.25. The van der Waals surface area contributed by atoms with Crippen molar-refractivity contribution in [1.29, 1.82) is 10.5 Å². The lowest BCUT2D eigenvalue weighted by atomic mass is 9.94. The van der Waals surface area contributed by atoms with Crippen LogP contribution in [0.1, 0.15) is 46.0 Å². The van der Waals surface area contributed by atoms with Crippen molar-refractivity contribution < 1.29 is 14.5 Å². The third kappa shape index (κ3) is 1.52. The Balaban J connectivity index is 1.90. The van der Waals surface area contributed by atoms with E-state index in [1.807, 2.05) is 6.92 Å². The molecule has 0 bridgehead atoms. The van der Waals surface area contributed by atoms with E-state index in [-0.39, 0.29) is 12.0 Å². The molecule has 1 saturated heterocycles. The predicted octanol–water partition coefficient (Wildman–Crippen LogP) is 0.147. The predicted molar refractivity (Wildman–Crippen MR) is 77.7 cm³/mol. The van der Waals surface area contributed by atoms with E-state index in [4.69, 9.17) is 15.2 Å². The lowest BCUT2D eigenvalue weighted by Gasteiger charge is -2.23. The zero-order chi connectivity index (χ0) is 16.0. The highest BCUT2D eigenvalue weighted by Gasteiger charge is 2.96. The largest absolute Gasteiger partial charge is 0.343 e. The fourth-order valence-corrected chi connectivity index (χ4v) is 4.35. The molecule has 3 N–H and O–H groups in total. The van der Waals surface area contributed by atoms with Gasteiger partial charge in [0.15, 0.2) is 10.8 Å². The van der Waals surface area contributed by atoms with Crippen LogP contribution < -0.4 is 10.7 Å². The summed E-state index contributed by atoms with van der Waals surface area (Å²) in [6.45, 7) is 4.45. The molecule has 2 aliphatic heterocycles. The number of ether oxygens (including phenoxy) is 2. The maximum Gasteiger partial charge on any atom is 0.343 e. The maximum absolute atomic E-state index is 9.90. The Hall–Kier alpha value is -1.63. The second-order valence-electron chi connectivity index (χ2n) is 6.64. The minimum absolute atomic E-state index is 0.124. The lowest BCUT2D eigenvalue weighted by Crippen LogP contribution is -2.90. The van der Waals surface area contributed by atoms with Crippen LogP contribution in [0.25, 0.3) is 0 Å². The van der Waals surface area contributed by atoms with Crippen LogP contribution in [-0.4, -0.2) is 24.5 Å². The number of amidine groups is 1. The first-order valence-electron chi connectivity index (χ1n) is 8.10. The summed E-state index contributed by atoms with van der Waals surface area (Å²) in [5, 5.41) is 19.7. The molecule has 1 saturated carbocycles. The van der Waals surface area contributed by atoms with E-state index in [0.29, 0.717) is 12.4 Å². The molecule has 5 atom stereocenters. The van der Waals surface area contributed by atoms with Crippen molar-refractivity contribution in [3.8, 4) is 12.1 Å². The van der Waals surface area contributed by atoms with E-state index in [0.717, 1.165) is 25.7 Å². The summed E-state index contributed by atoms with van der Waals surface area (Å²) < 4.78 is 11.7. The van der Waals surface area contributed by atoms with Gasteiger partial charge < -0.3 is 9.47 Å². The smallest absolute Gasteiger partial charge is 0.311 e. The number of nitriles is 2. The minimum Gasteiger partial charge on any atom is -0.311 e. The molecule has 1 aliphatic carbocycles. The highest BCUT2D eigenvalue weighted by atomic mass is 16.8. The molecule has 3 aliphatic rings. The Morgan fingerprint density at radius 1 is 1.32 bits per heavy atom. The number of unbranched alkanes of at least 4 members (excludes halogenated alkanes) is 3. The topological polar surface area (TPSA) is 106 Å². The quantitative estimate of drug-likeness (QED) is 0.703. The molecule has 6 heteroatoms. The average molecular weight is 303 g/mol. The summed E-state index contributed by atoms with van der Waals surface area (Å²) in [7, 11) is 0. The van der Waals surface area contributed by atoms with E-state index in [2.05, 4.69) is 24.1 Å². The molecule has 0 aromatic rings. The fraction of sp³-hybridized carbons (Fsp3) is 0.812. The molecule has 6 nitrogen and oxygen atoms in total. The Labute approximate surface area is 130 Å². The van der Waals surface area contributed by atoms with Crippen LogP contribution in [0.15, 0.2) is 0 Å². The first-order chi connectivity index (χ1) is 10.5. The Kier molecular flexibility index (Phi) is 3.43. The first kappa shape index (κ1) is 15.3. The van der Waals surface area contributed by atoms with Gasteiger partial charge in [0.1, 0.15) is 0 Å². The van der Waals surface area contributed by atoms with Crippen molar-refractivity contribution in [2.75, 3.05) is 6.61 Å². The van der Waals surface area contributed by atoms with E-state index in [1.54, 1.807) is 0 Å². The van der Waals surface area contributed by atoms with E-state index in [9.17, 15) is 10.5 Å². The number of rotatable bonds is 5. The first-order valence-corrected chi connectivity index (χ1v) is 8.10. The molecule has 1 spiro atoms. The van der Waals surface area contributed by atoms with Gasteiger partial charge in [-0.05, 0) is 13.3 Å². The molecule has 0 aromatic heterocycles. The zero-order valence-corrected chi connectivity index (χ0v) is 13.2. The van der Waals surface area contributed by atoms with Crippen LogP contribution in [-0.2, 0) is 9.47 Å².